The number of nitrogens with one attached hydrogen (secondary N) is 1. The van der Waals surface area contributed by atoms with Crippen LogP contribution in [0.3, 0.4) is 0 Å². The topological polar surface area (TPSA) is 58.6 Å². The second-order valence-electron chi connectivity index (χ2n) is 8.76. The first kappa shape index (κ1) is 21.0. The zero-order valence-electron chi connectivity index (χ0n) is 17.0. The minimum atomic E-state index is -4.56. The number of para-hydroxylation sites is 1. The Hall–Kier alpha value is -2.25. The average Bonchev–Trinajstić information content (AvgIpc) is 3.05. The van der Waals surface area contributed by atoms with Crippen LogP contribution in [-0.2, 0) is 15.7 Å². The van der Waals surface area contributed by atoms with Crippen molar-refractivity contribution in [2.45, 2.75) is 69.7 Å². The van der Waals surface area contributed by atoms with E-state index in [2.05, 4.69) is 10.2 Å². The number of amides is 2. The van der Waals surface area contributed by atoms with Crippen molar-refractivity contribution < 1.29 is 27.5 Å². The molecular formula is C22H27F3N2O3. The second kappa shape index (κ2) is 7.78. The zero-order chi connectivity index (χ0) is 21.5. The normalized spacial score (nSPS) is 31.5. The van der Waals surface area contributed by atoms with Crippen molar-refractivity contribution in [2.24, 2.45) is 11.8 Å². The van der Waals surface area contributed by atoms with Gasteiger partial charge >= 0.3 is 12.3 Å². The van der Waals surface area contributed by atoms with Gasteiger partial charge in [0.2, 0.25) is 5.91 Å². The summed E-state index contributed by atoms with van der Waals surface area (Å²) in [4.78, 5) is 27.1. The van der Waals surface area contributed by atoms with E-state index in [1.54, 1.807) is 0 Å². The largest absolute Gasteiger partial charge is 0.446 e. The van der Waals surface area contributed by atoms with Crippen molar-refractivity contribution in [2.75, 3.05) is 11.9 Å². The molecule has 4 rings (SSSR count). The maximum Gasteiger partial charge on any atom is 0.418 e. The van der Waals surface area contributed by atoms with E-state index < -0.39 is 17.8 Å². The molecule has 0 aromatic heterocycles. The van der Waals surface area contributed by atoms with E-state index in [9.17, 15) is 22.8 Å². The molecule has 5 nitrogen and oxygen atoms in total. The van der Waals surface area contributed by atoms with Crippen LogP contribution in [0.4, 0.5) is 23.7 Å². The van der Waals surface area contributed by atoms with Gasteiger partial charge in [-0.2, -0.15) is 13.2 Å². The summed E-state index contributed by atoms with van der Waals surface area (Å²) in [5.41, 5.74) is -1.36. The van der Waals surface area contributed by atoms with Crippen LogP contribution in [0.1, 0.15) is 57.4 Å². The molecule has 4 atom stereocenters. The maximum atomic E-state index is 13.2. The highest BCUT2D eigenvalue weighted by molar-refractivity contribution is 5.86. The van der Waals surface area contributed by atoms with Crippen LogP contribution in [0.25, 0.3) is 0 Å². The number of hydrogen-bond acceptors (Lipinski definition) is 3. The first-order valence-electron chi connectivity index (χ1n) is 10.7. The molecule has 1 aromatic carbocycles. The van der Waals surface area contributed by atoms with Crippen LogP contribution < -0.4 is 5.32 Å². The van der Waals surface area contributed by atoms with Crippen molar-refractivity contribution >= 4 is 17.7 Å². The minimum absolute atomic E-state index is 0.0360. The van der Waals surface area contributed by atoms with Gasteiger partial charge in [-0.15, -0.1) is 0 Å². The van der Waals surface area contributed by atoms with Gasteiger partial charge in [-0.05, 0) is 62.5 Å². The molecule has 1 saturated carbocycles. The molecule has 2 saturated heterocycles. The summed E-state index contributed by atoms with van der Waals surface area (Å²) in [6.07, 6.45) is -0.173. The van der Waals surface area contributed by atoms with E-state index in [-0.39, 0.29) is 35.1 Å². The lowest BCUT2D eigenvalue weighted by Crippen LogP contribution is -2.57. The Bertz CT molecular complexity index is 828. The molecule has 1 aliphatic carbocycles. The van der Waals surface area contributed by atoms with Gasteiger partial charge in [0.05, 0.1) is 11.3 Å². The Kier molecular flexibility index (Phi) is 5.45. The highest BCUT2D eigenvalue weighted by Gasteiger charge is 2.55. The standard InChI is InChI=1S/C22H27F3N2O3/c1-14-15-7-4-9-19(28)27-13-5-11-21(15,27)12-10-18(14)30-20(29)26-17-8-3-2-6-16(17)22(23,24)25/h2-3,6,8,14-15,18H,4-5,7,9-13H2,1H3,(H,26,29)/t14-,15+,18+,21-/m1/s1. The van der Waals surface area contributed by atoms with E-state index in [1.165, 1.54) is 18.2 Å². The molecule has 164 valence electrons. The maximum absolute atomic E-state index is 13.2. The summed E-state index contributed by atoms with van der Waals surface area (Å²) in [7, 11) is 0. The van der Waals surface area contributed by atoms with Gasteiger partial charge in [-0.25, -0.2) is 4.79 Å². The average molecular weight is 424 g/mol. The molecule has 2 heterocycles. The second-order valence-corrected chi connectivity index (χ2v) is 8.76. The van der Waals surface area contributed by atoms with Crippen LogP contribution in [0.2, 0.25) is 0 Å². The lowest BCUT2D eigenvalue weighted by Gasteiger charge is -2.51. The Morgan fingerprint density at radius 3 is 2.73 bits per heavy atom. The van der Waals surface area contributed by atoms with E-state index in [0.29, 0.717) is 12.8 Å². The molecule has 1 spiro atoms. The van der Waals surface area contributed by atoms with Gasteiger partial charge in [0, 0.05) is 18.5 Å². The molecule has 0 radical (unpaired) electrons. The Balaban J connectivity index is 1.47. The zero-order valence-corrected chi connectivity index (χ0v) is 17.0. The molecule has 2 aliphatic heterocycles. The molecule has 0 bridgehead atoms. The fourth-order valence-corrected chi connectivity index (χ4v) is 5.93. The fraction of sp³-hybridized carbons (Fsp3) is 0.636. The number of carbonyl (C=O) groups is 2. The first-order chi connectivity index (χ1) is 14.2. The lowest BCUT2D eigenvalue weighted by atomic mass is 9.64. The molecule has 2 amide bonds. The van der Waals surface area contributed by atoms with Crippen molar-refractivity contribution in [1.82, 2.24) is 4.90 Å². The molecule has 3 fully saturated rings. The molecule has 0 unspecified atom stereocenters. The third-order valence-corrected chi connectivity index (χ3v) is 7.24. The summed E-state index contributed by atoms with van der Waals surface area (Å²) in [5, 5.41) is 2.28. The van der Waals surface area contributed by atoms with Crippen LogP contribution in [0.15, 0.2) is 24.3 Å². The fourth-order valence-electron chi connectivity index (χ4n) is 5.93. The van der Waals surface area contributed by atoms with Gasteiger partial charge in [0.25, 0.3) is 0 Å². The number of anilines is 1. The van der Waals surface area contributed by atoms with E-state index in [0.717, 1.165) is 44.7 Å². The van der Waals surface area contributed by atoms with Crippen LogP contribution in [0, 0.1) is 11.8 Å². The van der Waals surface area contributed by atoms with Crippen LogP contribution in [0.5, 0.6) is 0 Å². The molecule has 3 aliphatic rings. The quantitative estimate of drug-likeness (QED) is 0.709. The third kappa shape index (κ3) is 3.65. The molecular weight excluding hydrogens is 397 g/mol. The summed E-state index contributed by atoms with van der Waals surface area (Å²) in [5.74, 6) is 0.498. The number of nitrogens with zero attached hydrogens (tertiary/aromatic N) is 1. The number of ether oxygens (including phenoxy) is 1. The predicted octanol–water partition coefficient (Wildman–Crippen LogP) is 5.21. The van der Waals surface area contributed by atoms with Gasteiger partial charge in [0.1, 0.15) is 6.10 Å². The highest BCUT2D eigenvalue weighted by Crippen LogP contribution is 2.52. The first-order valence-corrected chi connectivity index (χ1v) is 10.7. The van der Waals surface area contributed by atoms with Gasteiger partial charge < -0.3 is 9.64 Å². The monoisotopic (exact) mass is 424 g/mol. The molecule has 30 heavy (non-hydrogen) atoms. The van der Waals surface area contributed by atoms with Gasteiger partial charge in [-0.1, -0.05) is 19.1 Å². The number of halogens is 3. The van der Waals surface area contributed by atoms with Crippen molar-refractivity contribution in [3.63, 3.8) is 0 Å². The predicted molar refractivity (Wildman–Crippen MR) is 105 cm³/mol. The Morgan fingerprint density at radius 2 is 1.97 bits per heavy atom. The van der Waals surface area contributed by atoms with E-state index in [4.69, 9.17) is 4.74 Å². The number of rotatable bonds is 2. The van der Waals surface area contributed by atoms with Crippen molar-refractivity contribution in [3.05, 3.63) is 29.8 Å². The molecule has 8 heteroatoms. The lowest BCUT2D eigenvalue weighted by molar-refractivity contribution is -0.140. The van der Waals surface area contributed by atoms with E-state index >= 15 is 0 Å². The Labute approximate surface area is 173 Å². The summed E-state index contributed by atoms with van der Waals surface area (Å²) >= 11 is 0. The van der Waals surface area contributed by atoms with Crippen LogP contribution >= 0.6 is 0 Å². The molecule has 1 aromatic rings. The Morgan fingerprint density at radius 1 is 1.20 bits per heavy atom. The number of alkyl halides is 3. The minimum Gasteiger partial charge on any atom is -0.446 e. The van der Waals surface area contributed by atoms with Gasteiger partial charge in [-0.3, -0.25) is 10.1 Å². The number of benzene rings is 1. The van der Waals surface area contributed by atoms with Crippen molar-refractivity contribution in [1.29, 1.82) is 0 Å². The summed E-state index contributed by atoms with van der Waals surface area (Å²) < 4.78 is 45.1. The van der Waals surface area contributed by atoms with E-state index in [1.807, 2.05) is 6.92 Å². The summed E-state index contributed by atoms with van der Waals surface area (Å²) in [6, 6.07) is 4.87. The number of carbonyl (C=O) groups excluding carboxylic acids is 2. The molecule has 1 N–H and O–H groups in total. The highest BCUT2D eigenvalue weighted by atomic mass is 19.4. The number of hydrogen-bond donors (Lipinski definition) is 1. The smallest absolute Gasteiger partial charge is 0.418 e. The van der Waals surface area contributed by atoms with Crippen molar-refractivity contribution in [3.8, 4) is 0 Å². The SMILES string of the molecule is C[C@H]1[C@@H](OC(=O)Nc2ccccc2C(F)(F)F)CC[C@@]23CCCN2C(=O)CCC[C@@H]13. The third-order valence-electron chi connectivity index (χ3n) is 7.24. The van der Waals surface area contributed by atoms with Gasteiger partial charge in [0.15, 0.2) is 0 Å². The van der Waals surface area contributed by atoms with Crippen LogP contribution in [-0.4, -0.2) is 35.1 Å². The summed E-state index contributed by atoms with van der Waals surface area (Å²) in [6.45, 7) is 2.84.